The summed E-state index contributed by atoms with van der Waals surface area (Å²) in [6.45, 7) is 3.29. The number of carbonyl (C=O) groups excluding carboxylic acids is 2. The van der Waals surface area contributed by atoms with Crippen molar-refractivity contribution in [3.63, 3.8) is 0 Å². The van der Waals surface area contributed by atoms with Crippen LogP contribution in [0.2, 0.25) is 0 Å². The molecule has 6 heteroatoms. The zero-order valence-corrected chi connectivity index (χ0v) is 15.8. The van der Waals surface area contributed by atoms with E-state index in [0.29, 0.717) is 11.3 Å². The molecule has 1 aliphatic heterocycles. The van der Waals surface area contributed by atoms with E-state index in [2.05, 4.69) is 11.9 Å². The Morgan fingerprint density at radius 1 is 0.963 bits per heavy atom. The van der Waals surface area contributed by atoms with E-state index >= 15 is 0 Å². The summed E-state index contributed by atoms with van der Waals surface area (Å²) in [7, 11) is 3.79. The van der Waals surface area contributed by atoms with Gasteiger partial charge < -0.3 is 19.4 Å². The molecule has 0 radical (unpaired) electrons. The zero-order chi connectivity index (χ0) is 19.2. The first kappa shape index (κ1) is 18.9. The lowest BCUT2D eigenvalue weighted by molar-refractivity contribution is -0.134. The van der Waals surface area contributed by atoms with Gasteiger partial charge in [-0.25, -0.2) is 0 Å². The minimum absolute atomic E-state index is 0.00329. The monoisotopic (exact) mass is 367 g/mol. The lowest BCUT2D eigenvalue weighted by atomic mass is 10.2. The molecule has 0 atom stereocenters. The first-order chi connectivity index (χ1) is 13.0. The summed E-state index contributed by atoms with van der Waals surface area (Å²) < 4.78 is 5.62. The molecule has 0 aromatic heterocycles. The Labute approximate surface area is 159 Å². The Hall–Kier alpha value is -2.86. The Balaban J connectivity index is 1.54. The van der Waals surface area contributed by atoms with Crippen LogP contribution < -0.4 is 9.64 Å². The lowest BCUT2D eigenvalue weighted by Gasteiger charge is -2.32. The molecule has 0 aliphatic carbocycles. The molecule has 27 heavy (non-hydrogen) atoms. The number of nitrogens with zero attached hydrogens (tertiary/aromatic N) is 3. The highest BCUT2D eigenvalue weighted by molar-refractivity contribution is 6.05. The van der Waals surface area contributed by atoms with Gasteiger partial charge in [0.15, 0.2) is 6.61 Å². The maximum Gasteiger partial charge on any atom is 0.260 e. The lowest BCUT2D eigenvalue weighted by Crippen LogP contribution is -2.48. The van der Waals surface area contributed by atoms with Crippen LogP contribution in [0.3, 0.4) is 0 Å². The minimum atomic E-state index is -0.0745. The summed E-state index contributed by atoms with van der Waals surface area (Å²) in [6.07, 6.45) is 0. The Morgan fingerprint density at radius 2 is 1.59 bits per heavy atom. The topological polar surface area (TPSA) is 53.1 Å². The predicted molar refractivity (Wildman–Crippen MR) is 105 cm³/mol. The highest BCUT2D eigenvalue weighted by Gasteiger charge is 2.19. The minimum Gasteiger partial charge on any atom is -0.484 e. The van der Waals surface area contributed by atoms with E-state index in [1.165, 1.54) is 0 Å². The molecule has 142 valence electrons. The van der Waals surface area contributed by atoms with E-state index in [1.807, 2.05) is 35.2 Å². The molecule has 2 aromatic rings. The van der Waals surface area contributed by atoms with Crippen LogP contribution in [0, 0.1) is 0 Å². The van der Waals surface area contributed by atoms with Crippen molar-refractivity contribution in [1.82, 2.24) is 9.80 Å². The molecule has 6 nitrogen and oxygen atoms in total. The molecule has 0 spiro atoms. The molecule has 1 saturated heterocycles. The van der Waals surface area contributed by atoms with Crippen LogP contribution in [0.4, 0.5) is 5.69 Å². The number of hydrogen-bond donors (Lipinski definition) is 0. The fourth-order valence-electron chi connectivity index (χ4n) is 2.95. The van der Waals surface area contributed by atoms with Gasteiger partial charge in [0, 0.05) is 44.5 Å². The van der Waals surface area contributed by atoms with E-state index in [4.69, 9.17) is 4.74 Å². The van der Waals surface area contributed by atoms with E-state index < -0.39 is 0 Å². The van der Waals surface area contributed by atoms with Gasteiger partial charge in [-0.2, -0.15) is 0 Å². The van der Waals surface area contributed by atoms with Gasteiger partial charge >= 0.3 is 0 Å². The van der Waals surface area contributed by atoms with Gasteiger partial charge in [0.1, 0.15) is 5.75 Å². The van der Waals surface area contributed by atoms with Gasteiger partial charge in [0.05, 0.1) is 0 Å². The maximum absolute atomic E-state index is 12.5. The molecule has 0 N–H and O–H groups in total. The number of likely N-dealkylation sites (N-methyl/N-ethyl adjacent to an activating group) is 1. The van der Waals surface area contributed by atoms with E-state index in [-0.39, 0.29) is 18.4 Å². The molecular formula is C21H25N3O3. The summed E-state index contributed by atoms with van der Waals surface area (Å²) in [4.78, 5) is 30.3. The number of carbonyl (C=O) groups is 2. The third-order valence-electron chi connectivity index (χ3n) is 4.77. The fraction of sp³-hybridized carbons (Fsp3) is 0.333. The number of ether oxygens (including phenoxy) is 1. The second-order valence-electron chi connectivity index (χ2n) is 6.70. The number of rotatable bonds is 5. The number of benzene rings is 2. The zero-order valence-electron chi connectivity index (χ0n) is 15.8. The Bertz CT molecular complexity index is 769. The first-order valence-corrected chi connectivity index (χ1v) is 9.07. The van der Waals surface area contributed by atoms with E-state index in [0.717, 1.165) is 31.9 Å². The number of hydrogen-bond acceptors (Lipinski definition) is 4. The van der Waals surface area contributed by atoms with Crippen LogP contribution in [0.1, 0.15) is 10.4 Å². The average molecular weight is 367 g/mol. The van der Waals surface area contributed by atoms with Crippen molar-refractivity contribution in [2.75, 3.05) is 51.8 Å². The van der Waals surface area contributed by atoms with Crippen molar-refractivity contribution in [1.29, 1.82) is 0 Å². The van der Waals surface area contributed by atoms with Crippen LogP contribution in [-0.4, -0.2) is 68.5 Å². The largest absolute Gasteiger partial charge is 0.484 e. The van der Waals surface area contributed by atoms with Gasteiger partial charge in [-0.05, 0) is 43.4 Å². The fourth-order valence-corrected chi connectivity index (χ4v) is 2.95. The molecule has 2 amide bonds. The second-order valence-corrected chi connectivity index (χ2v) is 6.70. The highest BCUT2D eigenvalue weighted by atomic mass is 16.5. The van der Waals surface area contributed by atoms with Gasteiger partial charge in [-0.15, -0.1) is 0 Å². The molecule has 0 bridgehead atoms. The van der Waals surface area contributed by atoms with Crippen LogP contribution in [-0.2, 0) is 4.79 Å². The first-order valence-electron chi connectivity index (χ1n) is 9.07. The van der Waals surface area contributed by atoms with Gasteiger partial charge in [0.25, 0.3) is 11.8 Å². The molecule has 0 unspecified atom stereocenters. The van der Waals surface area contributed by atoms with Crippen LogP contribution in [0.25, 0.3) is 0 Å². The summed E-state index contributed by atoms with van der Waals surface area (Å²) in [5.74, 6) is 0.542. The van der Waals surface area contributed by atoms with Crippen LogP contribution in [0.15, 0.2) is 54.6 Å². The van der Waals surface area contributed by atoms with E-state index in [9.17, 15) is 9.59 Å². The Kier molecular flexibility index (Phi) is 6.08. The number of amides is 2. The average Bonchev–Trinajstić information content (AvgIpc) is 2.72. The standard InChI is InChI=1S/C21H25N3O3/c1-22-12-14-24(15-13-22)20(25)16-27-19-10-8-18(9-11-19)23(2)21(26)17-6-4-3-5-7-17/h3-11H,12-16H2,1-2H3. The quantitative estimate of drug-likeness (QED) is 0.812. The highest BCUT2D eigenvalue weighted by Crippen LogP contribution is 2.20. The molecule has 1 fully saturated rings. The van der Waals surface area contributed by atoms with Crippen LogP contribution in [0.5, 0.6) is 5.75 Å². The van der Waals surface area contributed by atoms with Crippen molar-refractivity contribution in [2.24, 2.45) is 0 Å². The second kappa shape index (κ2) is 8.68. The smallest absolute Gasteiger partial charge is 0.260 e. The Morgan fingerprint density at radius 3 is 2.22 bits per heavy atom. The van der Waals surface area contributed by atoms with Crippen molar-refractivity contribution >= 4 is 17.5 Å². The number of anilines is 1. The van der Waals surface area contributed by atoms with Crippen molar-refractivity contribution in [3.8, 4) is 5.75 Å². The molecule has 2 aromatic carbocycles. The third-order valence-corrected chi connectivity index (χ3v) is 4.77. The predicted octanol–water partition coefficient (Wildman–Crippen LogP) is 2.12. The molecule has 3 rings (SSSR count). The van der Waals surface area contributed by atoms with Crippen molar-refractivity contribution in [2.45, 2.75) is 0 Å². The summed E-state index contributed by atoms with van der Waals surface area (Å²) in [6, 6.07) is 16.3. The molecule has 1 aliphatic rings. The maximum atomic E-state index is 12.5. The van der Waals surface area contributed by atoms with E-state index in [1.54, 1.807) is 36.2 Å². The third kappa shape index (κ3) is 4.86. The SMILES string of the molecule is CN1CCN(C(=O)COc2ccc(N(C)C(=O)c3ccccc3)cc2)CC1. The normalized spacial score (nSPS) is 14.7. The van der Waals surface area contributed by atoms with Gasteiger partial charge in [-0.1, -0.05) is 18.2 Å². The summed E-state index contributed by atoms with van der Waals surface area (Å²) in [5.41, 5.74) is 1.40. The molecular weight excluding hydrogens is 342 g/mol. The van der Waals surface area contributed by atoms with Crippen molar-refractivity contribution in [3.05, 3.63) is 60.2 Å². The molecule has 0 saturated carbocycles. The number of piperazine rings is 1. The van der Waals surface area contributed by atoms with Gasteiger partial charge in [-0.3, -0.25) is 9.59 Å². The van der Waals surface area contributed by atoms with Crippen molar-refractivity contribution < 1.29 is 14.3 Å². The van der Waals surface area contributed by atoms with Crippen LogP contribution >= 0.6 is 0 Å². The summed E-state index contributed by atoms with van der Waals surface area (Å²) in [5, 5.41) is 0. The molecule has 1 heterocycles. The van der Waals surface area contributed by atoms with Gasteiger partial charge in [0.2, 0.25) is 0 Å². The summed E-state index contributed by atoms with van der Waals surface area (Å²) >= 11 is 0.